The number of carbonyl (C=O) groups is 1. The quantitative estimate of drug-likeness (QED) is 0.888. The lowest BCUT2D eigenvalue weighted by molar-refractivity contribution is -0.131. The first-order valence-electron chi connectivity index (χ1n) is 8.07. The van der Waals surface area contributed by atoms with Gasteiger partial charge in [-0.05, 0) is 55.8 Å². The highest BCUT2D eigenvalue weighted by atomic mass is 16.1. The minimum Gasteiger partial charge on any atom is -0.317 e. The number of rotatable bonds is 5. The summed E-state index contributed by atoms with van der Waals surface area (Å²) < 4.78 is 0. The molecule has 1 unspecified atom stereocenters. The highest BCUT2D eigenvalue weighted by molar-refractivity contribution is 5.86. The number of benzene rings is 1. The molecule has 2 aliphatic rings. The Morgan fingerprint density at radius 3 is 2.75 bits per heavy atom. The summed E-state index contributed by atoms with van der Waals surface area (Å²) in [5, 5.41) is 3.40. The Bertz CT molecular complexity index is 482. The van der Waals surface area contributed by atoms with Gasteiger partial charge in [0.1, 0.15) is 5.78 Å². The van der Waals surface area contributed by atoms with Crippen LogP contribution in [0.15, 0.2) is 24.3 Å². The fraction of sp³-hybridized carbons (Fsp3) is 0.611. The van der Waals surface area contributed by atoms with Gasteiger partial charge in [-0.25, -0.2) is 0 Å². The van der Waals surface area contributed by atoms with Crippen LogP contribution < -0.4 is 5.32 Å². The maximum Gasteiger partial charge on any atom is 0.139 e. The molecule has 1 heterocycles. The van der Waals surface area contributed by atoms with Gasteiger partial charge in [0.25, 0.3) is 0 Å². The third-order valence-electron chi connectivity index (χ3n) is 5.27. The third kappa shape index (κ3) is 2.42. The third-order valence-corrected chi connectivity index (χ3v) is 5.27. The summed E-state index contributed by atoms with van der Waals surface area (Å²) >= 11 is 0. The zero-order chi connectivity index (χ0) is 14.0. The van der Waals surface area contributed by atoms with E-state index in [0.29, 0.717) is 11.7 Å². The molecule has 1 saturated heterocycles. The number of fused-ring (bicyclic) bond motifs is 1. The van der Waals surface area contributed by atoms with Crippen LogP contribution in [0.5, 0.6) is 0 Å². The molecule has 0 saturated carbocycles. The summed E-state index contributed by atoms with van der Waals surface area (Å²) in [4.78, 5) is 12.9. The minimum absolute atomic E-state index is 0.0233. The predicted octanol–water partition coefficient (Wildman–Crippen LogP) is 3.46. The van der Waals surface area contributed by atoms with Crippen LogP contribution in [0.25, 0.3) is 0 Å². The molecule has 1 aliphatic heterocycles. The maximum atomic E-state index is 12.9. The van der Waals surface area contributed by atoms with Crippen molar-refractivity contribution in [3.8, 4) is 0 Å². The molecule has 0 amide bonds. The lowest BCUT2D eigenvalue weighted by atomic mass is 9.66. The molecule has 108 valence electrons. The zero-order valence-corrected chi connectivity index (χ0v) is 12.5. The van der Waals surface area contributed by atoms with E-state index in [0.717, 1.165) is 51.6 Å². The van der Waals surface area contributed by atoms with Crippen molar-refractivity contribution in [1.82, 2.24) is 5.32 Å². The van der Waals surface area contributed by atoms with E-state index in [-0.39, 0.29) is 5.41 Å². The number of Topliss-reactive ketones (excluding diaryl/α,β-unsaturated/α-hetero) is 1. The average molecular weight is 271 g/mol. The van der Waals surface area contributed by atoms with Crippen LogP contribution in [0.4, 0.5) is 0 Å². The topological polar surface area (TPSA) is 29.1 Å². The summed E-state index contributed by atoms with van der Waals surface area (Å²) in [5.41, 5.74) is 2.84. The Labute approximate surface area is 122 Å². The van der Waals surface area contributed by atoms with E-state index in [2.05, 4.69) is 36.5 Å². The van der Waals surface area contributed by atoms with Gasteiger partial charge in [-0.3, -0.25) is 4.79 Å². The number of hydrogen-bond acceptors (Lipinski definition) is 2. The lowest BCUT2D eigenvalue weighted by Gasteiger charge is -2.39. The van der Waals surface area contributed by atoms with Gasteiger partial charge in [-0.2, -0.15) is 0 Å². The van der Waals surface area contributed by atoms with Crippen LogP contribution in [-0.2, 0) is 11.2 Å². The first kappa shape index (κ1) is 13.8. The molecule has 0 radical (unpaired) electrons. The largest absolute Gasteiger partial charge is 0.317 e. The molecule has 1 aliphatic carbocycles. The van der Waals surface area contributed by atoms with Gasteiger partial charge >= 0.3 is 0 Å². The summed E-state index contributed by atoms with van der Waals surface area (Å²) in [6.45, 7) is 4.22. The zero-order valence-electron chi connectivity index (χ0n) is 12.5. The van der Waals surface area contributed by atoms with Crippen molar-refractivity contribution in [1.29, 1.82) is 0 Å². The van der Waals surface area contributed by atoms with E-state index in [1.165, 1.54) is 11.1 Å². The van der Waals surface area contributed by atoms with Gasteiger partial charge in [-0.1, -0.05) is 37.6 Å². The highest BCUT2D eigenvalue weighted by Crippen LogP contribution is 2.42. The molecule has 1 N–H and O–H groups in total. The van der Waals surface area contributed by atoms with Gasteiger partial charge in [0, 0.05) is 11.8 Å². The van der Waals surface area contributed by atoms with Crippen molar-refractivity contribution in [2.75, 3.05) is 13.1 Å². The second kappa shape index (κ2) is 5.69. The first-order valence-corrected chi connectivity index (χ1v) is 8.07. The summed E-state index contributed by atoms with van der Waals surface area (Å²) in [6, 6.07) is 8.60. The number of piperidine rings is 1. The molecule has 0 aromatic heterocycles. The normalized spacial score (nSPS) is 23.8. The molecule has 1 atom stereocenters. The Morgan fingerprint density at radius 2 is 2.05 bits per heavy atom. The highest BCUT2D eigenvalue weighted by Gasteiger charge is 2.40. The Kier molecular flexibility index (Phi) is 3.93. The molecule has 3 rings (SSSR count). The van der Waals surface area contributed by atoms with Crippen LogP contribution in [0.1, 0.15) is 56.1 Å². The molecule has 1 aromatic carbocycles. The molecule has 0 spiro atoms. The molecule has 20 heavy (non-hydrogen) atoms. The van der Waals surface area contributed by atoms with E-state index < -0.39 is 0 Å². The summed E-state index contributed by atoms with van der Waals surface area (Å²) in [6.07, 6.45) is 6.12. The number of ketones is 1. The standard InChI is InChI=1S/C18H25NO/c1-2-7-18(8-10-19-11-9-18)17(20)13-15-12-14-5-3-4-6-16(14)15/h3-6,15,19H,2,7-13H2,1H3. The molecular weight excluding hydrogens is 246 g/mol. The van der Waals surface area contributed by atoms with E-state index in [9.17, 15) is 4.79 Å². The van der Waals surface area contributed by atoms with E-state index in [4.69, 9.17) is 0 Å². The number of nitrogens with one attached hydrogen (secondary N) is 1. The fourth-order valence-electron chi connectivity index (χ4n) is 4.04. The van der Waals surface area contributed by atoms with Crippen molar-refractivity contribution in [3.05, 3.63) is 35.4 Å². The molecular formula is C18H25NO. The molecule has 1 fully saturated rings. The molecule has 2 nitrogen and oxygen atoms in total. The van der Waals surface area contributed by atoms with Crippen molar-refractivity contribution in [3.63, 3.8) is 0 Å². The van der Waals surface area contributed by atoms with Gasteiger partial charge in [0.2, 0.25) is 0 Å². The van der Waals surface area contributed by atoms with Crippen molar-refractivity contribution in [2.24, 2.45) is 5.41 Å². The molecule has 2 heteroatoms. The Hall–Kier alpha value is -1.15. The SMILES string of the molecule is CCCC1(C(=O)CC2Cc3ccccc32)CCNCC1. The van der Waals surface area contributed by atoms with Crippen LogP contribution in [0.2, 0.25) is 0 Å². The van der Waals surface area contributed by atoms with E-state index in [1.54, 1.807) is 0 Å². The van der Waals surface area contributed by atoms with Crippen molar-refractivity contribution in [2.45, 2.75) is 51.4 Å². The van der Waals surface area contributed by atoms with Crippen molar-refractivity contribution < 1.29 is 4.79 Å². The van der Waals surface area contributed by atoms with Crippen molar-refractivity contribution >= 4 is 5.78 Å². The van der Waals surface area contributed by atoms with E-state index in [1.807, 2.05) is 0 Å². The Morgan fingerprint density at radius 1 is 1.30 bits per heavy atom. The second-order valence-electron chi connectivity index (χ2n) is 6.51. The average Bonchev–Trinajstić information content (AvgIpc) is 2.46. The van der Waals surface area contributed by atoms with Crippen LogP contribution in [0, 0.1) is 5.41 Å². The smallest absolute Gasteiger partial charge is 0.139 e. The van der Waals surface area contributed by atoms with Crippen LogP contribution >= 0.6 is 0 Å². The summed E-state index contributed by atoms with van der Waals surface area (Å²) in [7, 11) is 0. The van der Waals surface area contributed by atoms with Gasteiger partial charge < -0.3 is 5.32 Å². The monoisotopic (exact) mass is 271 g/mol. The second-order valence-corrected chi connectivity index (χ2v) is 6.51. The van der Waals surface area contributed by atoms with E-state index >= 15 is 0 Å². The Balaban J connectivity index is 1.69. The van der Waals surface area contributed by atoms with Crippen LogP contribution in [0.3, 0.4) is 0 Å². The minimum atomic E-state index is -0.0233. The first-order chi connectivity index (χ1) is 9.75. The number of hydrogen-bond donors (Lipinski definition) is 1. The fourth-order valence-corrected chi connectivity index (χ4v) is 4.04. The molecule has 0 bridgehead atoms. The van der Waals surface area contributed by atoms with Gasteiger partial charge in [-0.15, -0.1) is 0 Å². The maximum absolute atomic E-state index is 12.9. The molecule has 1 aromatic rings. The number of carbonyl (C=O) groups excluding carboxylic acids is 1. The lowest BCUT2D eigenvalue weighted by Crippen LogP contribution is -2.43. The predicted molar refractivity (Wildman–Crippen MR) is 82.0 cm³/mol. The van der Waals surface area contributed by atoms with Gasteiger partial charge in [0.15, 0.2) is 0 Å². The summed E-state index contributed by atoms with van der Waals surface area (Å²) in [5.74, 6) is 1.02. The van der Waals surface area contributed by atoms with Crippen LogP contribution in [-0.4, -0.2) is 18.9 Å². The van der Waals surface area contributed by atoms with Gasteiger partial charge in [0.05, 0.1) is 0 Å².